The quantitative estimate of drug-likeness (QED) is 0.756. The molecule has 2 N–H and O–H groups in total. The van der Waals surface area contributed by atoms with E-state index in [1.54, 1.807) is 0 Å². The molecule has 0 unspecified atom stereocenters. The van der Waals surface area contributed by atoms with Gasteiger partial charge in [-0.2, -0.15) is 0 Å². The normalized spacial score (nSPS) is 10.6. The Balaban J connectivity index is 2.68. The van der Waals surface area contributed by atoms with Crippen LogP contribution in [0.4, 0.5) is 5.95 Å². The van der Waals surface area contributed by atoms with Gasteiger partial charge < -0.3 is 15.2 Å². The second-order valence-corrected chi connectivity index (χ2v) is 3.56. The van der Waals surface area contributed by atoms with E-state index in [2.05, 4.69) is 34.6 Å². The van der Waals surface area contributed by atoms with Gasteiger partial charge >= 0.3 is 0 Å². The Morgan fingerprint density at radius 2 is 2.29 bits per heavy atom. The van der Waals surface area contributed by atoms with Crippen molar-refractivity contribution in [2.24, 2.45) is 12.8 Å². The summed E-state index contributed by atoms with van der Waals surface area (Å²) in [4.78, 5) is 6.67. The first-order chi connectivity index (χ1) is 6.69. The van der Waals surface area contributed by atoms with Gasteiger partial charge in [0.2, 0.25) is 5.95 Å². The van der Waals surface area contributed by atoms with Crippen LogP contribution in [0, 0.1) is 0 Å². The summed E-state index contributed by atoms with van der Waals surface area (Å²) in [5.74, 6) is 1.02. The molecular weight excluding hydrogens is 176 g/mol. The van der Waals surface area contributed by atoms with Gasteiger partial charge in [0.1, 0.15) is 0 Å². The Morgan fingerprint density at radius 3 is 2.79 bits per heavy atom. The third-order valence-electron chi connectivity index (χ3n) is 2.30. The molecule has 80 valence electrons. The number of nitrogens with two attached hydrogens (primary N) is 1. The van der Waals surface area contributed by atoms with Gasteiger partial charge in [0.15, 0.2) is 0 Å². The molecule has 0 fully saturated rings. The predicted octanol–water partition coefficient (Wildman–Crippen LogP) is 0.767. The van der Waals surface area contributed by atoms with E-state index in [-0.39, 0.29) is 0 Å². The number of nitrogens with zero attached hydrogens (tertiary/aromatic N) is 3. The summed E-state index contributed by atoms with van der Waals surface area (Å²) in [5.41, 5.74) is 6.61. The van der Waals surface area contributed by atoms with Gasteiger partial charge in [-0.15, -0.1) is 0 Å². The van der Waals surface area contributed by atoms with Crippen LogP contribution < -0.4 is 10.6 Å². The Bertz CT molecular complexity index is 280. The van der Waals surface area contributed by atoms with Crippen molar-refractivity contribution in [3.05, 3.63) is 11.9 Å². The number of rotatable bonds is 5. The lowest BCUT2D eigenvalue weighted by atomic mass is 10.4. The van der Waals surface area contributed by atoms with Gasteiger partial charge in [0.05, 0.1) is 5.69 Å². The Morgan fingerprint density at radius 1 is 1.57 bits per heavy atom. The van der Waals surface area contributed by atoms with Crippen molar-refractivity contribution < 1.29 is 0 Å². The fraction of sp³-hybridized carbons (Fsp3) is 0.700. The Kier molecular flexibility index (Phi) is 3.95. The maximum atomic E-state index is 5.47. The molecule has 0 aromatic carbocycles. The van der Waals surface area contributed by atoms with Crippen LogP contribution in [0.1, 0.15) is 19.0 Å². The minimum Gasteiger partial charge on any atom is -0.345 e. The number of aromatic nitrogens is 2. The molecular formula is C10H20N4. The fourth-order valence-corrected chi connectivity index (χ4v) is 1.47. The molecule has 1 heterocycles. The zero-order valence-corrected chi connectivity index (χ0v) is 9.32. The topological polar surface area (TPSA) is 47.1 Å². The van der Waals surface area contributed by atoms with Crippen LogP contribution in [0.15, 0.2) is 6.20 Å². The first-order valence-corrected chi connectivity index (χ1v) is 5.12. The van der Waals surface area contributed by atoms with E-state index in [0.29, 0.717) is 0 Å². The van der Waals surface area contributed by atoms with Crippen molar-refractivity contribution >= 4 is 5.95 Å². The SMILES string of the molecule is CCc1cn(C)c(N(C)CCCN)n1. The molecule has 0 aliphatic heterocycles. The molecule has 1 aromatic rings. The molecule has 1 aromatic heterocycles. The molecule has 0 atom stereocenters. The molecule has 1 rings (SSSR count). The summed E-state index contributed by atoms with van der Waals surface area (Å²) in [6.45, 7) is 3.81. The first kappa shape index (κ1) is 11.0. The van der Waals surface area contributed by atoms with Gasteiger partial charge in [-0.3, -0.25) is 0 Å². The minimum atomic E-state index is 0.732. The van der Waals surface area contributed by atoms with E-state index in [9.17, 15) is 0 Å². The van der Waals surface area contributed by atoms with Crippen LogP contribution in [0.2, 0.25) is 0 Å². The molecule has 4 heteroatoms. The van der Waals surface area contributed by atoms with E-state index in [1.165, 1.54) is 0 Å². The third-order valence-corrected chi connectivity index (χ3v) is 2.30. The van der Waals surface area contributed by atoms with Crippen LogP contribution in [-0.2, 0) is 13.5 Å². The molecule has 0 aliphatic carbocycles. The predicted molar refractivity (Wildman–Crippen MR) is 59.5 cm³/mol. The van der Waals surface area contributed by atoms with Crippen LogP contribution in [0.5, 0.6) is 0 Å². The highest BCUT2D eigenvalue weighted by Gasteiger charge is 2.07. The summed E-state index contributed by atoms with van der Waals surface area (Å²) in [7, 11) is 4.08. The maximum absolute atomic E-state index is 5.47. The summed E-state index contributed by atoms with van der Waals surface area (Å²) >= 11 is 0. The maximum Gasteiger partial charge on any atom is 0.205 e. The summed E-state index contributed by atoms with van der Waals surface area (Å²) < 4.78 is 2.06. The van der Waals surface area contributed by atoms with E-state index in [1.807, 2.05) is 7.05 Å². The highest BCUT2D eigenvalue weighted by atomic mass is 15.3. The number of hydrogen-bond donors (Lipinski definition) is 1. The van der Waals surface area contributed by atoms with E-state index < -0.39 is 0 Å². The summed E-state index contributed by atoms with van der Waals surface area (Å²) in [5, 5.41) is 0. The molecule has 0 amide bonds. The van der Waals surface area contributed by atoms with Crippen LogP contribution in [0.25, 0.3) is 0 Å². The highest BCUT2D eigenvalue weighted by molar-refractivity contribution is 5.31. The number of aryl methyl sites for hydroxylation is 2. The lowest BCUT2D eigenvalue weighted by Gasteiger charge is -2.17. The van der Waals surface area contributed by atoms with Gasteiger partial charge in [0.25, 0.3) is 0 Å². The van der Waals surface area contributed by atoms with E-state index in [4.69, 9.17) is 5.73 Å². The second-order valence-electron chi connectivity index (χ2n) is 3.56. The Labute approximate surface area is 85.7 Å². The molecule has 0 radical (unpaired) electrons. The van der Waals surface area contributed by atoms with Gasteiger partial charge in [-0.05, 0) is 19.4 Å². The smallest absolute Gasteiger partial charge is 0.205 e. The van der Waals surface area contributed by atoms with Crippen molar-refractivity contribution in [2.75, 3.05) is 25.0 Å². The monoisotopic (exact) mass is 196 g/mol. The molecule has 0 saturated heterocycles. The lowest BCUT2D eigenvalue weighted by Crippen LogP contribution is -2.23. The van der Waals surface area contributed by atoms with Gasteiger partial charge in [-0.25, -0.2) is 4.98 Å². The largest absolute Gasteiger partial charge is 0.345 e. The number of imidazole rings is 1. The van der Waals surface area contributed by atoms with Crippen molar-refractivity contribution in [2.45, 2.75) is 19.8 Å². The molecule has 14 heavy (non-hydrogen) atoms. The van der Waals surface area contributed by atoms with Crippen molar-refractivity contribution in [1.82, 2.24) is 9.55 Å². The fourth-order valence-electron chi connectivity index (χ4n) is 1.47. The molecule has 0 bridgehead atoms. The van der Waals surface area contributed by atoms with Crippen molar-refractivity contribution in [3.63, 3.8) is 0 Å². The zero-order valence-electron chi connectivity index (χ0n) is 9.32. The van der Waals surface area contributed by atoms with Crippen LogP contribution in [-0.4, -0.2) is 29.7 Å². The molecule has 0 aliphatic rings. The highest BCUT2D eigenvalue weighted by Crippen LogP contribution is 2.11. The minimum absolute atomic E-state index is 0.732. The zero-order chi connectivity index (χ0) is 10.6. The molecule has 0 spiro atoms. The average molecular weight is 196 g/mol. The standard InChI is InChI=1S/C10H20N4/c1-4-9-8-14(3)10(12-9)13(2)7-5-6-11/h8H,4-7,11H2,1-3H3. The first-order valence-electron chi connectivity index (χ1n) is 5.12. The van der Waals surface area contributed by atoms with Gasteiger partial charge in [0, 0.05) is 26.8 Å². The number of hydrogen-bond acceptors (Lipinski definition) is 3. The molecule has 0 saturated carbocycles. The van der Waals surface area contributed by atoms with Crippen LogP contribution in [0.3, 0.4) is 0 Å². The van der Waals surface area contributed by atoms with E-state index >= 15 is 0 Å². The molecule has 4 nitrogen and oxygen atoms in total. The number of anilines is 1. The van der Waals surface area contributed by atoms with Crippen molar-refractivity contribution in [1.29, 1.82) is 0 Å². The average Bonchev–Trinajstić information content (AvgIpc) is 2.56. The lowest BCUT2D eigenvalue weighted by molar-refractivity contribution is 0.751. The third kappa shape index (κ3) is 2.48. The van der Waals surface area contributed by atoms with Crippen molar-refractivity contribution in [3.8, 4) is 0 Å². The van der Waals surface area contributed by atoms with Gasteiger partial charge in [-0.1, -0.05) is 6.92 Å². The Hall–Kier alpha value is -1.03. The summed E-state index contributed by atoms with van der Waals surface area (Å²) in [6.07, 6.45) is 4.07. The van der Waals surface area contributed by atoms with E-state index in [0.717, 1.165) is 37.6 Å². The second kappa shape index (κ2) is 5.00. The summed E-state index contributed by atoms with van der Waals surface area (Å²) in [6, 6.07) is 0. The van der Waals surface area contributed by atoms with Crippen LogP contribution >= 0.6 is 0 Å².